The molecule has 2 amide bonds. The van der Waals surface area contributed by atoms with Crippen molar-refractivity contribution in [3.05, 3.63) is 54.4 Å². The number of anilines is 2. The minimum atomic E-state index is -0.270. The molecular formula is C15H17N3O. The van der Waals surface area contributed by atoms with E-state index in [1.54, 1.807) is 24.5 Å². The number of benzene rings is 1. The number of hydrogen-bond acceptors (Lipinski definition) is 2. The van der Waals surface area contributed by atoms with Crippen molar-refractivity contribution in [2.75, 3.05) is 10.6 Å². The maximum Gasteiger partial charge on any atom is 0.323 e. The van der Waals surface area contributed by atoms with Crippen LogP contribution in [0.3, 0.4) is 0 Å². The van der Waals surface area contributed by atoms with Crippen LogP contribution < -0.4 is 10.6 Å². The van der Waals surface area contributed by atoms with Gasteiger partial charge in [-0.15, -0.1) is 0 Å². The van der Waals surface area contributed by atoms with Crippen LogP contribution in [0.1, 0.15) is 25.3 Å². The molecule has 0 aliphatic heterocycles. The molecule has 2 aromatic rings. The summed E-state index contributed by atoms with van der Waals surface area (Å²) in [5.41, 5.74) is 2.65. The summed E-state index contributed by atoms with van der Waals surface area (Å²) in [5, 5.41) is 5.53. The third-order valence-corrected chi connectivity index (χ3v) is 2.73. The first-order valence-electron chi connectivity index (χ1n) is 6.23. The highest BCUT2D eigenvalue weighted by atomic mass is 16.2. The summed E-state index contributed by atoms with van der Waals surface area (Å²) in [5.74, 6) is 0.433. The lowest BCUT2D eigenvalue weighted by Crippen LogP contribution is -2.19. The molecular weight excluding hydrogens is 238 g/mol. The largest absolute Gasteiger partial charge is 0.323 e. The van der Waals surface area contributed by atoms with Gasteiger partial charge in [-0.1, -0.05) is 26.0 Å². The first-order valence-corrected chi connectivity index (χ1v) is 6.23. The number of amides is 2. The average molecular weight is 255 g/mol. The Morgan fingerprint density at radius 3 is 2.53 bits per heavy atom. The Kier molecular flexibility index (Phi) is 4.13. The van der Waals surface area contributed by atoms with Gasteiger partial charge in [0, 0.05) is 11.9 Å². The zero-order valence-electron chi connectivity index (χ0n) is 11.1. The molecule has 2 N–H and O–H groups in total. The number of nitrogens with zero attached hydrogens (tertiary/aromatic N) is 1. The van der Waals surface area contributed by atoms with E-state index in [1.165, 1.54) is 5.56 Å². The average Bonchev–Trinajstić information content (AvgIpc) is 2.40. The molecule has 19 heavy (non-hydrogen) atoms. The van der Waals surface area contributed by atoms with Crippen LogP contribution in [0.2, 0.25) is 0 Å². The highest BCUT2D eigenvalue weighted by Crippen LogP contribution is 2.18. The lowest BCUT2D eigenvalue weighted by Gasteiger charge is -2.10. The zero-order valence-corrected chi connectivity index (χ0v) is 11.1. The van der Waals surface area contributed by atoms with Gasteiger partial charge in [0.15, 0.2) is 0 Å². The number of aromatic nitrogens is 1. The molecule has 2 rings (SSSR count). The first kappa shape index (κ1) is 13.1. The number of pyridine rings is 1. The van der Waals surface area contributed by atoms with Crippen molar-refractivity contribution in [2.45, 2.75) is 19.8 Å². The molecule has 0 fully saturated rings. The second-order valence-corrected chi connectivity index (χ2v) is 4.60. The zero-order chi connectivity index (χ0) is 13.7. The molecule has 0 atom stereocenters. The molecule has 1 heterocycles. The number of hydrogen-bond donors (Lipinski definition) is 2. The minimum Gasteiger partial charge on any atom is -0.308 e. The normalized spacial score (nSPS) is 10.3. The molecule has 0 aliphatic carbocycles. The van der Waals surface area contributed by atoms with E-state index < -0.39 is 0 Å². The van der Waals surface area contributed by atoms with Crippen LogP contribution in [0, 0.1) is 0 Å². The van der Waals surface area contributed by atoms with E-state index in [9.17, 15) is 4.79 Å². The van der Waals surface area contributed by atoms with Crippen molar-refractivity contribution in [1.29, 1.82) is 0 Å². The SMILES string of the molecule is CC(C)c1cccc(NC(=O)Nc2cccnc2)c1. The van der Waals surface area contributed by atoms with Crippen LogP contribution in [0.25, 0.3) is 0 Å². The summed E-state index contributed by atoms with van der Waals surface area (Å²) in [6, 6.07) is 11.1. The van der Waals surface area contributed by atoms with Crippen molar-refractivity contribution in [1.82, 2.24) is 4.98 Å². The smallest absolute Gasteiger partial charge is 0.308 e. The van der Waals surface area contributed by atoms with Crippen LogP contribution in [0.4, 0.5) is 16.2 Å². The maximum atomic E-state index is 11.8. The van der Waals surface area contributed by atoms with Gasteiger partial charge in [-0.05, 0) is 35.7 Å². The van der Waals surface area contributed by atoms with E-state index in [0.29, 0.717) is 11.6 Å². The molecule has 1 aromatic carbocycles. The molecule has 98 valence electrons. The molecule has 0 bridgehead atoms. The maximum absolute atomic E-state index is 11.8. The van der Waals surface area contributed by atoms with Gasteiger partial charge in [-0.25, -0.2) is 4.79 Å². The lowest BCUT2D eigenvalue weighted by molar-refractivity contribution is 0.262. The van der Waals surface area contributed by atoms with E-state index in [-0.39, 0.29) is 6.03 Å². The van der Waals surface area contributed by atoms with Gasteiger partial charge in [0.2, 0.25) is 0 Å². The van der Waals surface area contributed by atoms with Gasteiger partial charge in [-0.3, -0.25) is 4.98 Å². The second kappa shape index (κ2) is 6.00. The van der Waals surface area contributed by atoms with Crippen molar-refractivity contribution >= 4 is 17.4 Å². The quantitative estimate of drug-likeness (QED) is 0.875. The Morgan fingerprint density at radius 1 is 1.11 bits per heavy atom. The topological polar surface area (TPSA) is 54.0 Å². The molecule has 0 spiro atoms. The lowest BCUT2D eigenvalue weighted by atomic mass is 10.0. The summed E-state index contributed by atoms with van der Waals surface area (Å²) >= 11 is 0. The fraction of sp³-hybridized carbons (Fsp3) is 0.200. The predicted octanol–water partition coefficient (Wildman–Crippen LogP) is 3.85. The number of rotatable bonds is 3. The summed E-state index contributed by atoms with van der Waals surface area (Å²) in [6.07, 6.45) is 3.26. The van der Waals surface area contributed by atoms with Crippen molar-refractivity contribution in [2.24, 2.45) is 0 Å². The van der Waals surface area contributed by atoms with E-state index in [2.05, 4.69) is 35.5 Å². The Bertz CT molecular complexity index is 552. The summed E-state index contributed by atoms with van der Waals surface area (Å²) in [4.78, 5) is 15.8. The standard InChI is InChI=1S/C15H17N3O/c1-11(2)12-5-3-6-13(9-12)17-15(19)18-14-7-4-8-16-10-14/h3-11H,1-2H3,(H2,17,18,19). The third kappa shape index (κ3) is 3.81. The predicted molar refractivity (Wildman–Crippen MR) is 77.4 cm³/mol. The molecule has 0 saturated carbocycles. The van der Waals surface area contributed by atoms with Gasteiger partial charge in [-0.2, -0.15) is 0 Å². The number of urea groups is 1. The Balaban J connectivity index is 2.01. The molecule has 4 nitrogen and oxygen atoms in total. The first-order chi connectivity index (χ1) is 9.15. The molecule has 0 saturated heterocycles. The van der Waals surface area contributed by atoms with Crippen molar-refractivity contribution in [3.8, 4) is 0 Å². The van der Waals surface area contributed by atoms with E-state index in [4.69, 9.17) is 0 Å². The van der Waals surface area contributed by atoms with Crippen LogP contribution >= 0.6 is 0 Å². The van der Waals surface area contributed by atoms with Gasteiger partial charge >= 0.3 is 6.03 Å². The van der Waals surface area contributed by atoms with Crippen LogP contribution in [0.15, 0.2) is 48.8 Å². The Morgan fingerprint density at radius 2 is 1.84 bits per heavy atom. The van der Waals surface area contributed by atoms with Crippen LogP contribution in [0.5, 0.6) is 0 Å². The molecule has 1 aromatic heterocycles. The summed E-state index contributed by atoms with van der Waals surface area (Å²) < 4.78 is 0. The van der Waals surface area contributed by atoms with E-state index in [0.717, 1.165) is 5.69 Å². The summed E-state index contributed by atoms with van der Waals surface area (Å²) in [7, 11) is 0. The monoisotopic (exact) mass is 255 g/mol. The molecule has 0 unspecified atom stereocenters. The molecule has 0 radical (unpaired) electrons. The van der Waals surface area contributed by atoms with Crippen molar-refractivity contribution < 1.29 is 4.79 Å². The minimum absolute atomic E-state index is 0.270. The fourth-order valence-corrected chi connectivity index (χ4v) is 1.71. The number of carbonyl (C=O) groups excluding carboxylic acids is 1. The second-order valence-electron chi connectivity index (χ2n) is 4.60. The number of carbonyl (C=O) groups is 1. The highest BCUT2D eigenvalue weighted by molar-refractivity contribution is 5.99. The highest BCUT2D eigenvalue weighted by Gasteiger charge is 2.04. The van der Waals surface area contributed by atoms with Crippen LogP contribution in [-0.4, -0.2) is 11.0 Å². The van der Waals surface area contributed by atoms with Crippen LogP contribution in [-0.2, 0) is 0 Å². The Hall–Kier alpha value is -2.36. The molecule has 4 heteroatoms. The van der Waals surface area contributed by atoms with Gasteiger partial charge in [0.05, 0.1) is 11.9 Å². The third-order valence-electron chi connectivity index (χ3n) is 2.73. The van der Waals surface area contributed by atoms with E-state index in [1.807, 2.05) is 18.2 Å². The Labute approximate surface area is 112 Å². The van der Waals surface area contributed by atoms with Gasteiger partial charge in [0.1, 0.15) is 0 Å². The molecule has 0 aliphatic rings. The van der Waals surface area contributed by atoms with Crippen molar-refractivity contribution in [3.63, 3.8) is 0 Å². The fourth-order valence-electron chi connectivity index (χ4n) is 1.71. The van der Waals surface area contributed by atoms with E-state index >= 15 is 0 Å². The van der Waals surface area contributed by atoms with Gasteiger partial charge in [0.25, 0.3) is 0 Å². The number of nitrogens with one attached hydrogen (secondary N) is 2. The van der Waals surface area contributed by atoms with Gasteiger partial charge < -0.3 is 10.6 Å². The summed E-state index contributed by atoms with van der Waals surface area (Å²) in [6.45, 7) is 4.24.